The van der Waals surface area contributed by atoms with Crippen molar-refractivity contribution in [1.29, 1.82) is 0 Å². The van der Waals surface area contributed by atoms with E-state index in [1.807, 2.05) is 0 Å². The zero-order valence-corrected chi connectivity index (χ0v) is 25.5. The second-order valence-corrected chi connectivity index (χ2v) is 10.4. The first kappa shape index (κ1) is 52.7. The molecular formula is C21H26O5P2W2+2. The van der Waals surface area contributed by atoms with E-state index >= 15 is 0 Å². The van der Waals surface area contributed by atoms with Crippen molar-refractivity contribution in [2.24, 2.45) is 0 Å². The summed E-state index contributed by atoms with van der Waals surface area (Å²) in [6.07, 6.45) is 16.7. The minimum atomic E-state index is 0. The normalized spacial score (nSPS) is 12.7. The van der Waals surface area contributed by atoms with Gasteiger partial charge in [0.05, 0.1) is 0 Å². The van der Waals surface area contributed by atoms with Gasteiger partial charge in [-0.3, -0.25) is 0 Å². The van der Waals surface area contributed by atoms with E-state index in [2.05, 4.69) is 125 Å². The molecule has 5 nitrogen and oxygen atoms in total. The van der Waals surface area contributed by atoms with Crippen molar-refractivity contribution in [3.63, 3.8) is 0 Å². The summed E-state index contributed by atoms with van der Waals surface area (Å²) in [5, 5.41) is 0. The van der Waals surface area contributed by atoms with E-state index in [1.54, 1.807) is 0 Å². The van der Waals surface area contributed by atoms with E-state index in [0.29, 0.717) is 15.8 Å². The molecule has 10 radical (unpaired) electrons. The van der Waals surface area contributed by atoms with Crippen LogP contribution >= 0.6 is 15.8 Å². The molecule has 0 saturated heterocycles. The van der Waals surface area contributed by atoms with Gasteiger partial charge in [-0.05, 0) is 103 Å². The maximum absolute atomic E-state index is 7.50. The Morgan fingerprint density at radius 2 is 0.567 bits per heavy atom. The van der Waals surface area contributed by atoms with Gasteiger partial charge in [0.15, 0.2) is 0 Å². The molecule has 0 spiro atoms. The minimum Gasteiger partial charge on any atom is -0.0309 e. The molecule has 0 aromatic rings. The maximum atomic E-state index is 7.50. The molecule has 2 fully saturated rings. The Kier molecular flexibility index (Phi) is 100. The average molecular weight is 788 g/mol. The Morgan fingerprint density at radius 3 is 0.667 bits per heavy atom. The zero-order chi connectivity index (χ0) is 24.0. The van der Waals surface area contributed by atoms with Crippen LogP contribution in [0.2, 0.25) is 0 Å². The molecule has 2 rings (SSSR count). The topological polar surface area (TPSA) is 99.5 Å². The molecule has 0 aromatic heterocycles. The van der Waals surface area contributed by atoms with Crippen molar-refractivity contribution in [1.82, 2.24) is 0 Å². The Hall–Kier alpha value is 0.937. The number of hydrogen-bond donors (Lipinski definition) is 0. The first-order valence-corrected chi connectivity index (χ1v) is 12.5. The average Bonchev–Trinajstić information content (AvgIpc) is 3.43. The van der Waals surface area contributed by atoms with Crippen molar-refractivity contribution >= 4 is 15.8 Å². The standard InChI is InChI=1S/C10H8.2C3H9P.5CO.2W/c1-2-6-9(5-1)10-7-3-4-8-10;2*1-4(2)3;5*1-2;;/h1-8H;2*1-3H3;;;;;;;/q;;;;;;;;;+2. The molecule has 0 bridgehead atoms. The first-order valence-electron chi connectivity index (χ1n) is 7.11. The predicted octanol–water partition coefficient (Wildman–Crippen LogP) is 4.32. The fourth-order valence-electron chi connectivity index (χ4n) is 1.13. The molecule has 2 aliphatic rings. The van der Waals surface area contributed by atoms with Crippen LogP contribution in [-0.4, -0.2) is 40.0 Å². The predicted molar refractivity (Wildman–Crippen MR) is 110 cm³/mol. The van der Waals surface area contributed by atoms with Gasteiger partial charge < -0.3 is 0 Å². The number of hydrogen-bond acceptors (Lipinski definition) is 0. The summed E-state index contributed by atoms with van der Waals surface area (Å²) in [4.78, 5) is 0. The quantitative estimate of drug-likeness (QED) is 0.215. The van der Waals surface area contributed by atoms with Crippen molar-refractivity contribution in [2.75, 3.05) is 40.0 Å². The largest absolute Gasteiger partial charge is 2.00 e. The van der Waals surface area contributed by atoms with Crippen LogP contribution in [0.1, 0.15) is 0 Å². The molecule has 2 saturated carbocycles. The Bertz CT molecular complexity index is 298. The van der Waals surface area contributed by atoms with Crippen LogP contribution in [0.3, 0.4) is 0 Å². The molecule has 0 heterocycles. The van der Waals surface area contributed by atoms with Gasteiger partial charge in [0.25, 0.3) is 0 Å². The molecule has 0 N–H and O–H groups in total. The molecule has 0 aliphatic heterocycles. The van der Waals surface area contributed by atoms with Gasteiger partial charge in [0.1, 0.15) is 0 Å². The van der Waals surface area contributed by atoms with Crippen LogP contribution in [0.15, 0.2) is 0 Å². The van der Waals surface area contributed by atoms with Crippen LogP contribution in [0.5, 0.6) is 0 Å². The molecule has 0 amide bonds. The van der Waals surface area contributed by atoms with Crippen LogP contribution in [0.4, 0.5) is 0 Å². The summed E-state index contributed by atoms with van der Waals surface area (Å²) < 4.78 is 37.5. The van der Waals surface area contributed by atoms with Crippen LogP contribution in [0, 0.1) is 96.5 Å². The molecule has 9 heteroatoms. The van der Waals surface area contributed by atoms with E-state index in [-0.39, 0.29) is 42.1 Å². The second-order valence-electron chi connectivity index (χ2n) is 5.03. The van der Waals surface area contributed by atoms with Crippen LogP contribution < -0.4 is 0 Å². The summed E-state index contributed by atoms with van der Waals surface area (Å²) in [7, 11) is 0.759. The van der Waals surface area contributed by atoms with Gasteiger partial charge in [-0.2, -0.15) is 0 Å². The summed E-state index contributed by atoms with van der Waals surface area (Å²) in [6.45, 7) is 35.9. The van der Waals surface area contributed by atoms with E-state index in [1.165, 1.54) is 11.8 Å². The van der Waals surface area contributed by atoms with E-state index in [4.69, 9.17) is 23.3 Å². The van der Waals surface area contributed by atoms with Gasteiger partial charge in [0.2, 0.25) is 0 Å². The summed E-state index contributed by atoms with van der Waals surface area (Å²) in [6, 6.07) is 0. The van der Waals surface area contributed by atoms with Crippen molar-refractivity contribution < 1.29 is 65.4 Å². The third kappa shape index (κ3) is 63.0. The van der Waals surface area contributed by atoms with Crippen molar-refractivity contribution in [3.8, 4) is 0 Å². The van der Waals surface area contributed by atoms with Gasteiger partial charge in [0, 0.05) is 21.1 Å². The van der Waals surface area contributed by atoms with Gasteiger partial charge in [-0.25, -0.2) is 0 Å². The Morgan fingerprint density at radius 1 is 0.467 bits per heavy atom. The van der Waals surface area contributed by atoms with Crippen LogP contribution in [-0.2, 0) is 65.4 Å². The molecular weight excluding hydrogens is 762 g/mol. The molecule has 0 aromatic carbocycles. The Labute approximate surface area is 216 Å². The van der Waals surface area contributed by atoms with E-state index < -0.39 is 0 Å². The van der Waals surface area contributed by atoms with E-state index in [0.717, 1.165) is 0 Å². The monoisotopic (exact) mass is 788 g/mol. The van der Waals surface area contributed by atoms with Crippen LogP contribution in [0.25, 0.3) is 0 Å². The van der Waals surface area contributed by atoms with Crippen molar-refractivity contribution in [2.45, 2.75) is 0 Å². The third-order valence-electron chi connectivity index (χ3n) is 1.66. The second kappa shape index (κ2) is 57.2. The maximum Gasteiger partial charge on any atom is 2.00 e. The summed E-state index contributed by atoms with van der Waals surface area (Å²) in [5.41, 5.74) is 0. The number of rotatable bonds is 1. The minimum absolute atomic E-state index is 0. The fraction of sp³-hybridized carbons (Fsp3) is 0.286. The third-order valence-corrected chi connectivity index (χ3v) is 1.66. The molecule has 2 aliphatic carbocycles. The smallest absolute Gasteiger partial charge is 0.0309 e. The summed E-state index contributed by atoms with van der Waals surface area (Å²) >= 11 is 0. The SMILES string of the molecule is CP(C)C.CP(C)C.[C-]#[O+].[C-]#[O+].[C-]#[O+].[C-]#[O+].[C-]#[O+].[CH]1[CH][CH][C]([C]2[CH][CH][CH][CH]2)[CH]1.[W+2].[W]. The molecule has 30 heavy (non-hydrogen) atoms. The summed E-state index contributed by atoms with van der Waals surface area (Å²) in [5.74, 6) is 2.62. The fourth-order valence-corrected chi connectivity index (χ4v) is 1.13. The zero-order valence-electron chi connectivity index (χ0n) is 17.9. The van der Waals surface area contributed by atoms with E-state index in [9.17, 15) is 0 Å². The van der Waals surface area contributed by atoms with Gasteiger partial charge >= 0.3 is 77.6 Å². The van der Waals surface area contributed by atoms with Gasteiger partial charge in [-0.15, -0.1) is 15.8 Å². The molecule has 160 valence electrons. The first-order chi connectivity index (χ1) is 13.4. The molecule has 0 atom stereocenters. The molecule has 0 unspecified atom stereocenters. The van der Waals surface area contributed by atoms with Gasteiger partial charge in [-0.1, -0.05) is 0 Å². The Balaban J connectivity index is -0.0000000352. The van der Waals surface area contributed by atoms with Crippen molar-refractivity contribution in [3.05, 3.63) is 96.5 Å².